The van der Waals surface area contributed by atoms with Gasteiger partial charge >= 0.3 is 0 Å². The quantitative estimate of drug-likeness (QED) is 0.822. The number of hydrogen-bond donors (Lipinski definition) is 1. The van der Waals surface area contributed by atoms with Crippen molar-refractivity contribution in [1.82, 2.24) is 19.7 Å². The standard InChI is InChI=1S/C14H20N4S2/c1-4-14(5-2,20-3)10-18-12(16-17-13(18)19)11-6-8-15-9-7-11/h6-9H,4-5,10H2,1-3H3,(H,17,19). The lowest BCUT2D eigenvalue weighted by Crippen LogP contribution is -2.29. The molecule has 2 aromatic rings. The van der Waals surface area contributed by atoms with Crippen molar-refractivity contribution in [1.29, 1.82) is 0 Å². The second-order valence-electron chi connectivity index (χ2n) is 4.77. The smallest absolute Gasteiger partial charge is 0.195 e. The zero-order valence-electron chi connectivity index (χ0n) is 12.1. The van der Waals surface area contributed by atoms with Crippen LogP contribution < -0.4 is 0 Å². The average Bonchev–Trinajstić information content (AvgIpc) is 2.87. The van der Waals surface area contributed by atoms with Gasteiger partial charge in [-0.2, -0.15) is 16.9 Å². The van der Waals surface area contributed by atoms with Gasteiger partial charge in [-0.25, -0.2) is 0 Å². The van der Waals surface area contributed by atoms with Gasteiger partial charge in [-0.15, -0.1) is 0 Å². The molecule has 0 fully saturated rings. The van der Waals surface area contributed by atoms with Crippen molar-refractivity contribution in [2.24, 2.45) is 0 Å². The minimum Gasteiger partial charge on any atom is -0.299 e. The number of hydrogen-bond acceptors (Lipinski definition) is 4. The van der Waals surface area contributed by atoms with Crippen LogP contribution in [0.1, 0.15) is 26.7 Å². The van der Waals surface area contributed by atoms with Crippen LogP contribution in [0.4, 0.5) is 0 Å². The highest BCUT2D eigenvalue weighted by molar-refractivity contribution is 8.00. The Morgan fingerprint density at radius 3 is 2.50 bits per heavy atom. The molecule has 0 atom stereocenters. The van der Waals surface area contributed by atoms with E-state index < -0.39 is 0 Å². The SMILES string of the molecule is CCC(CC)(Cn1c(-c2ccncc2)n[nH]c1=S)SC. The van der Waals surface area contributed by atoms with Crippen LogP contribution in [0.5, 0.6) is 0 Å². The van der Waals surface area contributed by atoms with E-state index in [-0.39, 0.29) is 4.75 Å². The topological polar surface area (TPSA) is 46.5 Å². The number of nitrogens with one attached hydrogen (secondary N) is 1. The van der Waals surface area contributed by atoms with Crippen LogP contribution in [0, 0.1) is 4.77 Å². The lowest BCUT2D eigenvalue weighted by atomic mass is 10.0. The number of H-pyrrole nitrogens is 1. The third-order valence-corrected chi connectivity index (χ3v) is 5.75. The summed E-state index contributed by atoms with van der Waals surface area (Å²) in [6, 6.07) is 3.92. The number of aromatic amines is 1. The van der Waals surface area contributed by atoms with Crippen LogP contribution in [0.25, 0.3) is 11.4 Å². The minimum absolute atomic E-state index is 0.198. The Morgan fingerprint density at radius 1 is 1.30 bits per heavy atom. The first-order valence-corrected chi connectivity index (χ1v) is 8.40. The summed E-state index contributed by atoms with van der Waals surface area (Å²) in [5, 5.41) is 7.30. The summed E-state index contributed by atoms with van der Waals surface area (Å²) in [5.74, 6) is 0.887. The van der Waals surface area contributed by atoms with E-state index in [2.05, 4.69) is 39.9 Å². The third-order valence-electron chi connectivity index (χ3n) is 3.86. The van der Waals surface area contributed by atoms with E-state index >= 15 is 0 Å². The summed E-state index contributed by atoms with van der Waals surface area (Å²) in [5.41, 5.74) is 1.04. The molecule has 2 heterocycles. The van der Waals surface area contributed by atoms with Gasteiger partial charge < -0.3 is 0 Å². The maximum atomic E-state index is 5.40. The molecule has 6 heteroatoms. The first kappa shape index (κ1) is 15.3. The molecule has 0 unspecified atom stereocenters. The van der Waals surface area contributed by atoms with E-state index in [0.717, 1.165) is 30.8 Å². The predicted molar refractivity (Wildman–Crippen MR) is 87.5 cm³/mol. The van der Waals surface area contributed by atoms with Crippen LogP contribution in [-0.4, -0.2) is 30.8 Å². The lowest BCUT2D eigenvalue weighted by Gasteiger charge is -2.30. The summed E-state index contributed by atoms with van der Waals surface area (Å²) in [7, 11) is 0. The number of pyridine rings is 1. The molecule has 1 N–H and O–H groups in total. The van der Waals surface area contributed by atoms with Crippen molar-refractivity contribution in [2.45, 2.75) is 38.0 Å². The maximum absolute atomic E-state index is 5.40. The average molecular weight is 308 g/mol. The summed E-state index contributed by atoms with van der Waals surface area (Å²) >= 11 is 7.31. The minimum atomic E-state index is 0.198. The van der Waals surface area contributed by atoms with Crippen molar-refractivity contribution < 1.29 is 0 Å². The monoisotopic (exact) mass is 308 g/mol. The predicted octanol–water partition coefficient (Wildman–Crippen LogP) is 3.92. The second kappa shape index (κ2) is 6.54. The normalized spacial score (nSPS) is 11.8. The maximum Gasteiger partial charge on any atom is 0.195 e. The van der Waals surface area contributed by atoms with Gasteiger partial charge in [0, 0.05) is 29.2 Å². The molecule has 0 aliphatic carbocycles. The highest BCUT2D eigenvalue weighted by Gasteiger charge is 2.27. The van der Waals surface area contributed by atoms with Gasteiger partial charge in [-0.3, -0.25) is 14.6 Å². The first-order valence-electron chi connectivity index (χ1n) is 6.76. The third kappa shape index (κ3) is 2.96. The Kier molecular flexibility index (Phi) is 4.99. The van der Waals surface area contributed by atoms with E-state index in [4.69, 9.17) is 12.2 Å². The van der Waals surface area contributed by atoms with Crippen LogP contribution in [0.3, 0.4) is 0 Å². The van der Waals surface area contributed by atoms with E-state index in [1.165, 1.54) is 0 Å². The number of aromatic nitrogens is 4. The molecular weight excluding hydrogens is 288 g/mol. The summed E-state index contributed by atoms with van der Waals surface area (Å²) in [6.45, 7) is 5.33. The first-order chi connectivity index (χ1) is 9.65. The van der Waals surface area contributed by atoms with Crippen molar-refractivity contribution in [3.05, 3.63) is 29.3 Å². The van der Waals surface area contributed by atoms with Gasteiger partial charge in [0.25, 0.3) is 0 Å². The fraction of sp³-hybridized carbons (Fsp3) is 0.500. The van der Waals surface area contributed by atoms with Crippen molar-refractivity contribution in [3.8, 4) is 11.4 Å². The molecule has 0 saturated heterocycles. The molecule has 108 valence electrons. The van der Waals surface area contributed by atoms with Gasteiger partial charge in [0.15, 0.2) is 10.6 Å². The van der Waals surface area contributed by atoms with E-state index in [0.29, 0.717) is 4.77 Å². The number of thioether (sulfide) groups is 1. The largest absolute Gasteiger partial charge is 0.299 e. The zero-order valence-corrected chi connectivity index (χ0v) is 13.7. The highest BCUT2D eigenvalue weighted by atomic mass is 32.2. The van der Waals surface area contributed by atoms with Gasteiger partial charge in [-0.05, 0) is 43.4 Å². The van der Waals surface area contributed by atoms with Gasteiger partial charge in [-0.1, -0.05) is 13.8 Å². The Hall–Kier alpha value is -1.14. The lowest BCUT2D eigenvalue weighted by molar-refractivity contribution is 0.465. The number of rotatable bonds is 6. The molecular formula is C14H20N4S2. The Bertz CT molecular complexity index is 591. The Labute approximate surface area is 129 Å². The second-order valence-corrected chi connectivity index (χ2v) is 6.43. The van der Waals surface area contributed by atoms with Crippen LogP contribution in [0.15, 0.2) is 24.5 Å². The molecule has 2 aromatic heterocycles. The van der Waals surface area contributed by atoms with Crippen LogP contribution >= 0.6 is 24.0 Å². The molecule has 0 bridgehead atoms. The zero-order chi connectivity index (χ0) is 14.6. The van der Waals surface area contributed by atoms with Crippen molar-refractivity contribution >= 4 is 24.0 Å². The molecule has 0 aliphatic heterocycles. The van der Waals surface area contributed by atoms with Crippen molar-refractivity contribution in [3.63, 3.8) is 0 Å². The Morgan fingerprint density at radius 2 is 1.95 bits per heavy atom. The highest BCUT2D eigenvalue weighted by Crippen LogP contribution is 2.33. The Balaban J connectivity index is 2.43. The molecule has 0 spiro atoms. The van der Waals surface area contributed by atoms with E-state index in [1.54, 1.807) is 12.4 Å². The van der Waals surface area contributed by atoms with Crippen molar-refractivity contribution in [2.75, 3.05) is 6.26 Å². The fourth-order valence-electron chi connectivity index (χ4n) is 2.30. The molecule has 20 heavy (non-hydrogen) atoms. The molecule has 0 radical (unpaired) electrons. The molecule has 0 amide bonds. The molecule has 4 nitrogen and oxygen atoms in total. The number of nitrogens with zero attached hydrogens (tertiary/aromatic N) is 3. The van der Waals surface area contributed by atoms with Gasteiger partial charge in [0.2, 0.25) is 0 Å². The van der Waals surface area contributed by atoms with Gasteiger partial charge in [0.05, 0.1) is 0 Å². The fourth-order valence-corrected chi connectivity index (χ4v) is 3.33. The van der Waals surface area contributed by atoms with E-state index in [1.807, 2.05) is 23.9 Å². The summed E-state index contributed by atoms with van der Waals surface area (Å²) in [6.07, 6.45) is 7.93. The summed E-state index contributed by atoms with van der Waals surface area (Å²) in [4.78, 5) is 4.05. The molecule has 2 rings (SSSR count). The van der Waals surface area contributed by atoms with Gasteiger partial charge in [0.1, 0.15) is 0 Å². The van der Waals surface area contributed by atoms with Crippen LogP contribution in [-0.2, 0) is 6.54 Å². The molecule has 0 aliphatic rings. The van der Waals surface area contributed by atoms with Crippen LogP contribution in [0.2, 0.25) is 0 Å². The van der Waals surface area contributed by atoms with E-state index in [9.17, 15) is 0 Å². The molecule has 0 aromatic carbocycles. The summed E-state index contributed by atoms with van der Waals surface area (Å²) < 4.78 is 2.98. The molecule has 0 saturated carbocycles.